The van der Waals surface area contributed by atoms with Crippen LogP contribution in [-0.2, 0) is 11.8 Å². The molecule has 206 valence electrons. The number of aryl methyl sites for hydroxylation is 2. The molecule has 0 saturated carbocycles. The molecular weight excluding hydrogens is 498 g/mol. The second-order valence-corrected chi connectivity index (χ2v) is 9.54. The van der Waals surface area contributed by atoms with Gasteiger partial charge in [-0.2, -0.15) is 0 Å². The number of nitrogens with zero attached hydrogens (tertiary/aromatic N) is 7. The average molecular weight is 534 g/mol. The number of nitrogen functional groups attached to an aromatic ring is 1. The number of aliphatic hydroxyl groups is 1. The van der Waals surface area contributed by atoms with Gasteiger partial charge in [0.2, 0.25) is 0 Å². The van der Waals surface area contributed by atoms with E-state index in [9.17, 15) is 5.11 Å². The smallest absolute Gasteiger partial charge is 0.175 e. The molecule has 12 heteroatoms. The molecule has 1 aromatic carbocycles. The Hall–Kier alpha value is -4.00. The number of nitrogens with one attached hydrogen (secondary N) is 1. The highest BCUT2D eigenvalue weighted by atomic mass is 16.5. The van der Waals surface area contributed by atoms with Gasteiger partial charge >= 0.3 is 0 Å². The van der Waals surface area contributed by atoms with E-state index in [2.05, 4.69) is 36.7 Å². The maximum Gasteiger partial charge on any atom is 0.175 e. The second kappa shape index (κ2) is 11.8. The fourth-order valence-corrected chi connectivity index (χ4v) is 4.67. The van der Waals surface area contributed by atoms with Crippen LogP contribution in [0.15, 0.2) is 48.4 Å². The molecule has 2 aliphatic heterocycles. The van der Waals surface area contributed by atoms with Crippen molar-refractivity contribution >= 4 is 23.0 Å². The van der Waals surface area contributed by atoms with Crippen molar-refractivity contribution in [1.82, 2.24) is 24.4 Å². The van der Waals surface area contributed by atoms with Gasteiger partial charge in [0.15, 0.2) is 11.3 Å². The van der Waals surface area contributed by atoms with Gasteiger partial charge in [0.25, 0.3) is 0 Å². The highest BCUT2D eigenvalue weighted by Crippen LogP contribution is 2.33. The number of benzene rings is 1. The second-order valence-electron chi connectivity index (χ2n) is 9.54. The van der Waals surface area contributed by atoms with Crippen LogP contribution in [0.4, 0.5) is 23.0 Å². The largest absolute Gasteiger partial charge is 0.489 e. The molecule has 0 aliphatic carbocycles. The zero-order valence-electron chi connectivity index (χ0n) is 22.4. The molecule has 0 spiro atoms. The van der Waals surface area contributed by atoms with Crippen molar-refractivity contribution in [2.45, 2.75) is 13.0 Å². The topological polar surface area (TPSA) is 139 Å². The molecule has 0 bridgehead atoms. The van der Waals surface area contributed by atoms with Gasteiger partial charge in [-0.1, -0.05) is 6.58 Å². The van der Waals surface area contributed by atoms with E-state index in [-0.39, 0.29) is 13.2 Å². The van der Waals surface area contributed by atoms with Gasteiger partial charge in [0.1, 0.15) is 29.6 Å². The first-order chi connectivity index (χ1) is 19.0. The van der Waals surface area contributed by atoms with Crippen LogP contribution in [0, 0.1) is 6.92 Å². The predicted octanol–water partition coefficient (Wildman–Crippen LogP) is 1.45. The minimum absolute atomic E-state index is 0.0743. The molecule has 2 saturated heterocycles. The Morgan fingerprint density at radius 3 is 2.69 bits per heavy atom. The molecule has 4 N–H and O–H groups in total. The predicted molar refractivity (Wildman–Crippen MR) is 150 cm³/mol. The van der Waals surface area contributed by atoms with E-state index in [1.807, 2.05) is 42.9 Å². The zero-order valence-corrected chi connectivity index (χ0v) is 22.4. The van der Waals surface area contributed by atoms with Crippen LogP contribution in [0.3, 0.4) is 0 Å². The van der Waals surface area contributed by atoms with Crippen LogP contribution < -0.4 is 26.2 Å². The summed E-state index contributed by atoms with van der Waals surface area (Å²) in [6.07, 6.45) is 4.94. The van der Waals surface area contributed by atoms with E-state index in [1.165, 1.54) is 6.20 Å². The van der Waals surface area contributed by atoms with Gasteiger partial charge < -0.3 is 35.1 Å². The van der Waals surface area contributed by atoms with Gasteiger partial charge in [-0.05, 0) is 19.1 Å². The molecule has 0 unspecified atom stereocenters. The Labute approximate surface area is 227 Å². The van der Waals surface area contributed by atoms with Crippen molar-refractivity contribution in [3.63, 3.8) is 0 Å². The summed E-state index contributed by atoms with van der Waals surface area (Å²) in [5.41, 5.74) is 10.1. The number of nitrogens with two attached hydrogens (primary N) is 1. The van der Waals surface area contributed by atoms with Crippen LogP contribution in [-0.4, -0.2) is 88.2 Å². The molecule has 5 rings (SSSR count). The molecule has 0 amide bonds. The minimum Gasteiger partial charge on any atom is -0.489 e. The van der Waals surface area contributed by atoms with Crippen molar-refractivity contribution in [1.29, 1.82) is 0 Å². The minimum atomic E-state index is -0.0743. The molecule has 39 heavy (non-hydrogen) atoms. The van der Waals surface area contributed by atoms with Crippen LogP contribution in [0.25, 0.3) is 11.4 Å². The molecule has 12 nitrogen and oxygen atoms in total. The summed E-state index contributed by atoms with van der Waals surface area (Å²) < 4.78 is 13.2. The van der Waals surface area contributed by atoms with E-state index in [0.717, 1.165) is 50.8 Å². The monoisotopic (exact) mass is 533 g/mol. The number of piperazine rings is 1. The number of aromatic nitrogens is 4. The SMILES string of the molecule is C=C/N=c1/c(Nc2ccc(N3CCN(C4COC4)CC3)c(OCCO)c2)nc(-c2cnc(C)c(N)n2)cn1C. The first kappa shape index (κ1) is 26.6. The van der Waals surface area contributed by atoms with E-state index in [4.69, 9.17) is 20.2 Å². The lowest BCUT2D eigenvalue weighted by Gasteiger charge is -2.43. The van der Waals surface area contributed by atoms with Crippen LogP contribution in [0.5, 0.6) is 5.75 Å². The lowest BCUT2D eigenvalue weighted by molar-refractivity contribution is -0.0660. The summed E-state index contributed by atoms with van der Waals surface area (Å²) in [4.78, 5) is 22.8. The number of hydrogen-bond acceptors (Lipinski definition) is 11. The molecule has 4 heterocycles. The fraction of sp³-hybridized carbons (Fsp3) is 0.407. The van der Waals surface area contributed by atoms with Crippen molar-refractivity contribution in [2.24, 2.45) is 12.0 Å². The van der Waals surface area contributed by atoms with E-state index >= 15 is 0 Å². The molecule has 2 aliphatic rings. The van der Waals surface area contributed by atoms with Crippen molar-refractivity contribution in [3.05, 3.63) is 54.6 Å². The maximum absolute atomic E-state index is 9.44. The maximum atomic E-state index is 9.44. The van der Waals surface area contributed by atoms with E-state index in [0.29, 0.717) is 46.0 Å². The summed E-state index contributed by atoms with van der Waals surface area (Å²) in [7, 11) is 1.87. The summed E-state index contributed by atoms with van der Waals surface area (Å²) in [5.74, 6) is 1.55. The lowest BCUT2D eigenvalue weighted by Crippen LogP contribution is -2.56. The van der Waals surface area contributed by atoms with Gasteiger partial charge in [-0.3, -0.25) is 9.88 Å². The van der Waals surface area contributed by atoms with Gasteiger partial charge in [-0.25, -0.2) is 15.0 Å². The summed E-state index contributed by atoms with van der Waals surface area (Å²) >= 11 is 0. The Bertz CT molecular complexity index is 1400. The lowest BCUT2D eigenvalue weighted by atomic mass is 10.1. The molecule has 0 radical (unpaired) electrons. The van der Waals surface area contributed by atoms with E-state index < -0.39 is 0 Å². The fourth-order valence-electron chi connectivity index (χ4n) is 4.67. The summed E-state index contributed by atoms with van der Waals surface area (Å²) in [5, 5.41) is 12.8. The molecule has 2 fully saturated rings. The molecule has 3 aromatic rings. The highest BCUT2D eigenvalue weighted by Gasteiger charge is 2.29. The Kier molecular flexibility index (Phi) is 8.05. The molecule has 2 aromatic heterocycles. The number of aliphatic hydroxyl groups excluding tert-OH is 1. The normalized spacial score (nSPS) is 16.7. The van der Waals surface area contributed by atoms with Gasteiger partial charge in [-0.15, -0.1) is 0 Å². The van der Waals surface area contributed by atoms with Crippen LogP contribution >= 0.6 is 0 Å². The third kappa shape index (κ3) is 5.87. The van der Waals surface area contributed by atoms with Crippen molar-refractivity contribution < 1.29 is 14.6 Å². The van der Waals surface area contributed by atoms with Crippen LogP contribution in [0.2, 0.25) is 0 Å². The molecule has 0 atom stereocenters. The van der Waals surface area contributed by atoms with Gasteiger partial charge in [0, 0.05) is 57.4 Å². The first-order valence-electron chi connectivity index (χ1n) is 13.0. The van der Waals surface area contributed by atoms with Crippen molar-refractivity contribution in [3.8, 4) is 17.1 Å². The highest BCUT2D eigenvalue weighted by molar-refractivity contribution is 5.69. The van der Waals surface area contributed by atoms with Crippen molar-refractivity contribution in [2.75, 3.05) is 68.6 Å². The van der Waals surface area contributed by atoms with E-state index in [1.54, 1.807) is 6.20 Å². The zero-order chi connectivity index (χ0) is 27.4. The number of ether oxygens (including phenoxy) is 2. The summed E-state index contributed by atoms with van der Waals surface area (Å²) in [6, 6.07) is 6.48. The Morgan fingerprint density at radius 1 is 1.23 bits per heavy atom. The Balaban J connectivity index is 1.44. The molecular formula is C27H35N9O3. The number of anilines is 4. The van der Waals surface area contributed by atoms with Gasteiger partial charge in [0.05, 0.1) is 43.4 Å². The first-order valence-corrected chi connectivity index (χ1v) is 13.0. The quantitative estimate of drug-likeness (QED) is 0.370. The van der Waals surface area contributed by atoms with Crippen LogP contribution in [0.1, 0.15) is 5.69 Å². The number of rotatable bonds is 9. The average Bonchev–Trinajstić information content (AvgIpc) is 2.90. The summed E-state index contributed by atoms with van der Waals surface area (Å²) in [6.45, 7) is 11.0. The third-order valence-electron chi connectivity index (χ3n) is 6.93. The standard InChI is InChI=1S/C27H35N9O3/c1-4-29-27-26(33-22(15-34(27)3)21-14-30-18(2)25(28)32-21)31-19-5-6-23(24(13-19)39-12-11-37)36-9-7-35(8-10-36)20-16-38-17-20/h4-6,13-15,20,37H,1,7-12,16-17H2,2-3H3,(H2,28,32)(H,31,33)/b29-27-. The Morgan fingerprint density at radius 2 is 2.03 bits per heavy atom. The number of hydrogen-bond donors (Lipinski definition) is 3. The third-order valence-corrected chi connectivity index (χ3v) is 6.93.